The van der Waals surface area contributed by atoms with Gasteiger partial charge in [-0.15, -0.1) is 0 Å². The topological polar surface area (TPSA) is 53.0 Å². The molecule has 0 spiro atoms. The summed E-state index contributed by atoms with van der Waals surface area (Å²) < 4.78 is 4.78. The lowest BCUT2D eigenvalue weighted by atomic mass is 9.94. The van der Waals surface area contributed by atoms with E-state index in [-0.39, 0.29) is 0 Å². The molecule has 0 bridgehead atoms. The van der Waals surface area contributed by atoms with Gasteiger partial charge in [0.15, 0.2) is 0 Å². The molecule has 0 saturated carbocycles. The number of amides is 1. The maximum absolute atomic E-state index is 10.6. The number of hydrogen-bond acceptors (Lipinski definition) is 4. The summed E-state index contributed by atoms with van der Waals surface area (Å²) in [5, 5.41) is 11.9. The van der Waals surface area contributed by atoms with Crippen LogP contribution in [0.25, 0.3) is 11.1 Å². The van der Waals surface area contributed by atoms with Gasteiger partial charge in [-0.1, -0.05) is 60.8 Å². The summed E-state index contributed by atoms with van der Waals surface area (Å²) in [5.41, 5.74) is 2.67. The van der Waals surface area contributed by atoms with Crippen LogP contribution in [0.3, 0.4) is 0 Å². The Balaban J connectivity index is 0.000000406. The molecule has 1 atom stereocenters. The number of carbonyl (C=O) groups excluding carboxylic acids is 1. The normalized spacial score (nSPS) is 13.5. The Morgan fingerprint density at radius 2 is 1.78 bits per heavy atom. The number of likely N-dealkylation sites (tertiary alicyclic amines) is 1. The van der Waals surface area contributed by atoms with Gasteiger partial charge in [-0.05, 0) is 88.5 Å². The van der Waals surface area contributed by atoms with E-state index in [9.17, 15) is 9.90 Å². The quantitative estimate of drug-likeness (QED) is 0.245. The molecule has 36 heavy (non-hydrogen) atoms. The SMILES string of the molecule is CCCCOC.CN(C)CCCCC(O)c1cccc(Cl)c1-c1cccc(Cl)c1.O=CN1CCCC1. The molecule has 2 aromatic carbocycles. The van der Waals surface area contributed by atoms with Crippen molar-refractivity contribution in [1.29, 1.82) is 0 Å². The number of halogens is 2. The molecule has 2 aromatic rings. The fourth-order valence-corrected chi connectivity index (χ4v) is 4.31. The van der Waals surface area contributed by atoms with Gasteiger partial charge in [0.1, 0.15) is 0 Å². The van der Waals surface area contributed by atoms with Crippen LogP contribution in [0.1, 0.15) is 63.5 Å². The number of methoxy groups -OCH3 is 1. The zero-order chi connectivity index (χ0) is 26.8. The van der Waals surface area contributed by atoms with Gasteiger partial charge in [0, 0.05) is 42.4 Å². The second-order valence-electron chi connectivity index (χ2n) is 9.22. The van der Waals surface area contributed by atoms with Crippen molar-refractivity contribution in [1.82, 2.24) is 9.80 Å². The lowest BCUT2D eigenvalue weighted by Gasteiger charge is -2.18. The summed E-state index contributed by atoms with van der Waals surface area (Å²) in [4.78, 5) is 13.9. The van der Waals surface area contributed by atoms with Crippen LogP contribution in [0.15, 0.2) is 42.5 Å². The molecular formula is C29H44Cl2N2O3. The minimum atomic E-state index is -0.523. The van der Waals surface area contributed by atoms with Crippen molar-refractivity contribution in [3.63, 3.8) is 0 Å². The molecule has 0 radical (unpaired) electrons. The molecule has 202 valence electrons. The third kappa shape index (κ3) is 13.1. The van der Waals surface area contributed by atoms with Crippen LogP contribution in [-0.2, 0) is 9.53 Å². The van der Waals surface area contributed by atoms with E-state index in [2.05, 4.69) is 25.9 Å². The number of benzene rings is 2. The van der Waals surface area contributed by atoms with Crippen molar-refractivity contribution < 1.29 is 14.6 Å². The van der Waals surface area contributed by atoms with Crippen LogP contribution in [0, 0.1) is 0 Å². The van der Waals surface area contributed by atoms with Crippen LogP contribution in [-0.4, -0.2) is 68.8 Å². The fourth-order valence-electron chi connectivity index (χ4n) is 3.82. The van der Waals surface area contributed by atoms with E-state index in [0.717, 1.165) is 68.6 Å². The summed E-state index contributed by atoms with van der Waals surface area (Å²) in [7, 11) is 5.85. The average molecular weight is 540 g/mol. The molecule has 7 heteroatoms. The average Bonchev–Trinajstić information content (AvgIpc) is 3.40. The first-order valence-electron chi connectivity index (χ1n) is 12.9. The molecule has 1 amide bonds. The highest BCUT2D eigenvalue weighted by Crippen LogP contribution is 2.37. The Morgan fingerprint density at radius 1 is 1.08 bits per heavy atom. The Bertz CT molecular complexity index is 854. The maximum atomic E-state index is 10.6. The summed E-state index contributed by atoms with van der Waals surface area (Å²) in [5.74, 6) is 0. The molecule has 5 nitrogen and oxygen atoms in total. The van der Waals surface area contributed by atoms with E-state index in [1.54, 1.807) is 12.0 Å². The highest BCUT2D eigenvalue weighted by atomic mass is 35.5. The highest BCUT2D eigenvalue weighted by Gasteiger charge is 2.16. The van der Waals surface area contributed by atoms with Crippen molar-refractivity contribution >= 4 is 29.6 Å². The van der Waals surface area contributed by atoms with E-state index < -0.39 is 6.10 Å². The Labute approximate surface area is 228 Å². The lowest BCUT2D eigenvalue weighted by Crippen LogP contribution is -2.15. The van der Waals surface area contributed by atoms with E-state index in [4.69, 9.17) is 27.9 Å². The number of ether oxygens (including phenoxy) is 1. The van der Waals surface area contributed by atoms with Crippen molar-refractivity contribution in [3.05, 3.63) is 58.1 Å². The third-order valence-electron chi connectivity index (χ3n) is 5.84. The maximum Gasteiger partial charge on any atom is 0.209 e. The smallest absolute Gasteiger partial charge is 0.209 e. The van der Waals surface area contributed by atoms with E-state index >= 15 is 0 Å². The molecule has 1 unspecified atom stereocenters. The number of aliphatic hydroxyl groups is 1. The predicted molar refractivity (Wildman–Crippen MR) is 153 cm³/mol. The Kier molecular flexibility index (Phi) is 17.5. The molecule has 1 fully saturated rings. The van der Waals surface area contributed by atoms with Crippen molar-refractivity contribution in [2.24, 2.45) is 0 Å². The predicted octanol–water partition coefficient (Wildman–Crippen LogP) is 7.10. The standard InChI is InChI=1S/C19H23Cl2NO.C5H9NO.C5H12O/c1-22(2)12-4-3-11-18(23)16-9-6-10-17(21)19(16)14-7-5-8-15(20)13-14;7-5-6-3-1-2-4-6;1-3-4-5-6-2/h5-10,13,18,23H,3-4,11-12H2,1-2H3;5H,1-4H2;3-5H2,1-2H3. The lowest BCUT2D eigenvalue weighted by molar-refractivity contribution is -0.117. The highest BCUT2D eigenvalue weighted by molar-refractivity contribution is 6.34. The molecule has 1 heterocycles. The van der Waals surface area contributed by atoms with E-state index in [1.165, 1.54) is 25.7 Å². The molecule has 0 aromatic heterocycles. The van der Waals surface area contributed by atoms with Crippen molar-refractivity contribution in [2.75, 3.05) is 47.4 Å². The van der Waals surface area contributed by atoms with E-state index in [1.807, 2.05) is 42.5 Å². The number of aliphatic hydroxyl groups excluding tert-OH is 1. The fraction of sp³-hybridized carbons (Fsp3) is 0.552. The summed E-state index contributed by atoms with van der Waals surface area (Å²) in [6.07, 6.45) is 7.97. The van der Waals surface area contributed by atoms with Gasteiger partial charge in [0.25, 0.3) is 0 Å². The second kappa shape index (κ2) is 19.5. The minimum absolute atomic E-state index is 0.523. The van der Waals surface area contributed by atoms with E-state index in [0.29, 0.717) is 10.0 Å². The van der Waals surface area contributed by atoms with Gasteiger partial charge >= 0.3 is 0 Å². The molecule has 1 saturated heterocycles. The van der Waals surface area contributed by atoms with Crippen LogP contribution in [0.4, 0.5) is 0 Å². The van der Waals surface area contributed by atoms with Crippen molar-refractivity contribution in [3.8, 4) is 11.1 Å². The number of unbranched alkanes of at least 4 members (excludes halogenated alkanes) is 2. The zero-order valence-corrected chi connectivity index (χ0v) is 23.9. The van der Waals surface area contributed by atoms with Gasteiger partial charge in [-0.2, -0.15) is 0 Å². The van der Waals surface area contributed by atoms with Gasteiger partial charge in [0.2, 0.25) is 6.41 Å². The molecule has 3 rings (SSSR count). The molecule has 1 aliphatic heterocycles. The molecule has 0 aliphatic carbocycles. The Morgan fingerprint density at radius 3 is 2.31 bits per heavy atom. The summed E-state index contributed by atoms with van der Waals surface area (Å²) >= 11 is 12.5. The molecule has 1 N–H and O–H groups in total. The molecule has 1 aliphatic rings. The first-order valence-corrected chi connectivity index (χ1v) is 13.6. The summed E-state index contributed by atoms with van der Waals surface area (Å²) in [6.45, 7) is 6.05. The third-order valence-corrected chi connectivity index (χ3v) is 6.39. The van der Waals surface area contributed by atoms with Crippen LogP contribution >= 0.6 is 23.2 Å². The second-order valence-corrected chi connectivity index (χ2v) is 10.1. The Hall–Kier alpha value is -1.63. The van der Waals surface area contributed by atoms with Gasteiger partial charge in [-0.25, -0.2) is 0 Å². The number of carbonyl (C=O) groups is 1. The van der Waals surface area contributed by atoms with Crippen LogP contribution in [0.2, 0.25) is 10.0 Å². The first kappa shape index (κ1) is 32.4. The first-order chi connectivity index (χ1) is 17.3. The number of hydrogen-bond donors (Lipinski definition) is 1. The van der Waals surface area contributed by atoms with Crippen LogP contribution in [0.5, 0.6) is 0 Å². The van der Waals surface area contributed by atoms with Gasteiger partial charge in [-0.3, -0.25) is 4.79 Å². The summed E-state index contributed by atoms with van der Waals surface area (Å²) in [6, 6.07) is 13.3. The molecular weight excluding hydrogens is 495 g/mol. The van der Waals surface area contributed by atoms with Gasteiger partial charge < -0.3 is 19.6 Å². The minimum Gasteiger partial charge on any atom is -0.388 e. The van der Waals surface area contributed by atoms with Gasteiger partial charge in [0.05, 0.1) is 6.10 Å². The number of nitrogens with zero attached hydrogens (tertiary/aromatic N) is 2. The monoisotopic (exact) mass is 538 g/mol. The van der Waals surface area contributed by atoms with Crippen molar-refractivity contribution in [2.45, 2.75) is 58.0 Å². The largest absolute Gasteiger partial charge is 0.388 e. The zero-order valence-electron chi connectivity index (χ0n) is 22.4. The number of rotatable bonds is 11. The van der Waals surface area contributed by atoms with Crippen LogP contribution < -0.4 is 0 Å².